The summed E-state index contributed by atoms with van der Waals surface area (Å²) in [6.45, 7) is 8.57. The van der Waals surface area contributed by atoms with E-state index in [9.17, 15) is 26.4 Å². The van der Waals surface area contributed by atoms with Gasteiger partial charge in [0.05, 0.1) is 5.75 Å². The van der Waals surface area contributed by atoms with Gasteiger partial charge >= 0.3 is 15.6 Å². The average Bonchev–Trinajstić information content (AvgIpc) is 2.40. The minimum atomic E-state index is -5.61. The van der Waals surface area contributed by atoms with Crippen molar-refractivity contribution in [3.63, 3.8) is 0 Å². The number of carbonyl (C=O) groups excluding carboxylic acids is 1. The van der Waals surface area contributed by atoms with Crippen LogP contribution in [0.1, 0.15) is 66.7 Å². The molecule has 0 radical (unpaired) electrons. The van der Waals surface area contributed by atoms with Crippen molar-refractivity contribution in [2.24, 2.45) is 0 Å². The molecule has 0 aromatic rings. The number of alkyl halides is 3. The first kappa shape index (κ1) is 23.7. The molecule has 1 N–H and O–H groups in total. The van der Waals surface area contributed by atoms with Crippen LogP contribution in [-0.4, -0.2) is 39.6 Å². The van der Waals surface area contributed by atoms with Crippen LogP contribution in [0.15, 0.2) is 0 Å². The Bertz CT molecular complexity index is 491. The lowest BCUT2D eigenvalue weighted by atomic mass is 10.1. The number of Topliss-reactive ketones (excluding diaryl/α,β-unsaturated/α-hetero) is 1. The van der Waals surface area contributed by atoms with Crippen LogP contribution in [0.25, 0.3) is 0 Å². The van der Waals surface area contributed by atoms with E-state index in [0.29, 0.717) is 6.42 Å². The predicted octanol–water partition coefficient (Wildman–Crippen LogP) is 5.01. The smallest absolute Gasteiger partial charge is 0.299 e. The Morgan fingerprint density at radius 2 is 1.50 bits per heavy atom. The van der Waals surface area contributed by atoms with E-state index < -0.39 is 36.4 Å². The summed E-state index contributed by atoms with van der Waals surface area (Å²) < 4.78 is 64.7. The van der Waals surface area contributed by atoms with Crippen molar-refractivity contribution >= 4 is 26.2 Å². The fraction of sp³-hybridized carbons (Fsp3) is 0.933. The fourth-order valence-electron chi connectivity index (χ4n) is 2.38. The van der Waals surface area contributed by atoms with Gasteiger partial charge in [0.25, 0.3) is 0 Å². The summed E-state index contributed by atoms with van der Waals surface area (Å²) in [5.41, 5.74) is -5.43. The van der Waals surface area contributed by atoms with Crippen LogP contribution in [0.4, 0.5) is 13.2 Å². The van der Waals surface area contributed by atoms with E-state index in [4.69, 9.17) is 0 Å². The first-order chi connectivity index (χ1) is 10.8. The third-order valence-corrected chi connectivity index (χ3v) is 10.4. The third kappa shape index (κ3) is 6.55. The van der Waals surface area contributed by atoms with E-state index in [0.717, 1.165) is 19.3 Å². The van der Waals surface area contributed by atoms with Crippen molar-refractivity contribution in [1.82, 2.24) is 0 Å². The molecule has 0 amide bonds. The summed E-state index contributed by atoms with van der Waals surface area (Å²) in [5, 5.41) is -0.872. The number of halogens is 3. The largest absolute Gasteiger partial charge is 0.572 e. The molecule has 0 aliphatic rings. The van der Waals surface area contributed by atoms with E-state index in [-0.39, 0.29) is 18.0 Å². The number of unbranched alkanes of at least 4 members (excludes halogenated alkanes) is 3. The molecule has 0 aliphatic heterocycles. The zero-order valence-electron chi connectivity index (χ0n) is 15.0. The molecule has 0 aromatic carbocycles. The Morgan fingerprint density at radius 1 is 1.00 bits per heavy atom. The van der Waals surface area contributed by atoms with Gasteiger partial charge in [-0.1, -0.05) is 26.2 Å². The van der Waals surface area contributed by atoms with Gasteiger partial charge in [0.2, 0.25) is 0 Å². The fourth-order valence-corrected chi connectivity index (χ4v) is 8.18. The van der Waals surface area contributed by atoms with Crippen LogP contribution in [-0.2, 0) is 14.9 Å². The Morgan fingerprint density at radius 3 is 1.88 bits per heavy atom. The molecule has 0 fully saturated rings. The summed E-state index contributed by atoms with van der Waals surface area (Å²) in [6.07, 6.45) is 3.82. The molecule has 0 bridgehead atoms. The van der Waals surface area contributed by atoms with E-state index >= 15 is 0 Å². The summed E-state index contributed by atoms with van der Waals surface area (Å²) in [4.78, 5) is 12.3. The Labute approximate surface area is 145 Å². The van der Waals surface area contributed by atoms with Gasteiger partial charge in [-0.2, -0.15) is 13.2 Å². The van der Waals surface area contributed by atoms with Gasteiger partial charge in [0.1, 0.15) is 5.78 Å². The molecule has 9 heteroatoms. The van der Waals surface area contributed by atoms with E-state index in [1.54, 1.807) is 27.7 Å². The minimum absolute atomic E-state index is 0.204. The molecule has 4 nitrogen and oxygen atoms in total. The highest BCUT2D eigenvalue weighted by atomic mass is 32.3. The first-order valence-corrected chi connectivity index (χ1v) is 11.5. The number of ketones is 1. The number of hydrogen-bond donors (Lipinski definition) is 0. The van der Waals surface area contributed by atoms with Gasteiger partial charge < -0.3 is 0 Å². The highest BCUT2D eigenvalue weighted by molar-refractivity contribution is 8.33. The van der Waals surface area contributed by atoms with Crippen LogP contribution in [0, 0.1) is 0 Å². The van der Waals surface area contributed by atoms with Crippen LogP contribution >= 0.6 is 10.3 Å². The normalized spacial score (nSPS) is 14.4. The summed E-state index contributed by atoms with van der Waals surface area (Å²) in [5.74, 6) is -0.409. The molecule has 0 atom stereocenters. The lowest BCUT2D eigenvalue weighted by Crippen LogP contribution is -2.38. The maximum absolute atomic E-state index is 12.8. The van der Waals surface area contributed by atoms with E-state index in [1.165, 1.54) is 0 Å². The zero-order valence-corrected chi connectivity index (χ0v) is 16.7. The molecule has 0 saturated heterocycles. The molecular weight excluding hydrogens is 365 g/mol. The van der Waals surface area contributed by atoms with Gasteiger partial charge in [0, 0.05) is 16.9 Å². The molecule has 0 unspecified atom stereocenters. The maximum Gasteiger partial charge on any atom is 0.572 e. The topological polar surface area (TPSA) is 64.0 Å². The Balaban J connectivity index is 5.35. The summed E-state index contributed by atoms with van der Waals surface area (Å²) >= 11 is 0. The highest BCUT2D eigenvalue weighted by Crippen LogP contribution is 2.58. The molecule has 24 heavy (non-hydrogen) atoms. The number of hydrogen-bond acceptors (Lipinski definition) is 3. The molecule has 0 aromatic heterocycles. The molecular formula is C15H30F3O4S2+. The SMILES string of the molecule is CCCCCCC(=O)CS([OH+]S(=O)(=O)C(F)(F)F)(C(C)C)C(C)C. The molecule has 0 rings (SSSR count). The van der Waals surface area contributed by atoms with Crippen LogP contribution in [0.5, 0.6) is 0 Å². The summed E-state index contributed by atoms with van der Waals surface area (Å²) in [6, 6.07) is 0. The maximum atomic E-state index is 12.8. The molecule has 0 saturated carbocycles. The lowest BCUT2D eigenvalue weighted by molar-refractivity contribution is -0.116. The number of rotatable bonds is 11. The van der Waals surface area contributed by atoms with Crippen molar-refractivity contribution in [3.05, 3.63) is 0 Å². The Kier molecular flexibility index (Phi) is 9.32. The van der Waals surface area contributed by atoms with Crippen LogP contribution < -0.4 is 0 Å². The molecule has 0 heterocycles. The standard InChI is InChI=1S/C15H29F3O4S2/c1-6-7-8-9-10-14(19)11-23(12(2)3,13(4)5)22-24(20,21)15(16,17)18/h12-13H,6-11H2,1-5H3/p+1. The monoisotopic (exact) mass is 395 g/mol. The van der Waals surface area contributed by atoms with Gasteiger partial charge in [-0.25, -0.2) is 0 Å². The van der Waals surface area contributed by atoms with E-state index in [2.05, 4.69) is 3.63 Å². The highest BCUT2D eigenvalue weighted by Gasteiger charge is 2.57. The average molecular weight is 396 g/mol. The van der Waals surface area contributed by atoms with Crippen molar-refractivity contribution in [2.75, 3.05) is 5.75 Å². The second-order valence-electron chi connectivity index (χ2n) is 6.40. The van der Waals surface area contributed by atoms with Crippen molar-refractivity contribution in [2.45, 2.75) is 82.7 Å². The van der Waals surface area contributed by atoms with Gasteiger partial charge in [-0.15, -0.1) is 8.42 Å². The predicted molar refractivity (Wildman–Crippen MR) is 94.1 cm³/mol. The molecule has 0 spiro atoms. The van der Waals surface area contributed by atoms with Crippen molar-refractivity contribution in [1.29, 1.82) is 0 Å². The van der Waals surface area contributed by atoms with Gasteiger partial charge in [0.15, 0.2) is 0 Å². The van der Waals surface area contributed by atoms with Crippen LogP contribution in [0.3, 0.4) is 0 Å². The lowest BCUT2D eigenvalue weighted by Gasteiger charge is -2.40. The van der Waals surface area contributed by atoms with Crippen molar-refractivity contribution in [3.8, 4) is 0 Å². The second-order valence-corrected chi connectivity index (χ2v) is 12.2. The van der Waals surface area contributed by atoms with Gasteiger partial charge in [-0.3, -0.25) is 8.42 Å². The second kappa shape index (κ2) is 9.43. The molecule has 0 aliphatic carbocycles. The van der Waals surface area contributed by atoms with Crippen molar-refractivity contribution < 1.29 is 30.0 Å². The minimum Gasteiger partial charge on any atom is -0.299 e. The van der Waals surface area contributed by atoms with Crippen LogP contribution in [0.2, 0.25) is 0 Å². The van der Waals surface area contributed by atoms with E-state index in [1.807, 2.05) is 6.92 Å². The molecule has 146 valence electrons. The third-order valence-electron chi connectivity index (χ3n) is 3.86. The first-order valence-electron chi connectivity index (χ1n) is 8.16. The number of carbonyl (C=O) groups is 1. The quantitative estimate of drug-likeness (QED) is 0.214. The Hall–Kier alpha value is -0.280. The van der Waals surface area contributed by atoms with Gasteiger partial charge in [-0.05, 0) is 44.4 Å². The zero-order chi connectivity index (χ0) is 19.2. The summed E-state index contributed by atoms with van der Waals surface area (Å²) in [7, 11) is -8.26.